The van der Waals surface area contributed by atoms with Gasteiger partial charge in [0, 0.05) is 21.1 Å². The summed E-state index contributed by atoms with van der Waals surface area (Å²) >= 11 is 4.98. The second kappa shape index (κ2) is 4.26. The Hall–Kier alpha value is -1.59. The first-order chi connectivity index (χ1) is 8.65. The average molecular weight is 322 g/mol. The van der Waals surface area contributed by atoms with Gasteiger partial charge in [-0.3, -0.25) is 0 Å². The maximum absolute atomic E-state index is 11.2. The van der Waals surface area contributed by atoms with E-state index in [-0.39, 0.29) is 5.69 Å². The molecular formula is C13H8BrNO2S. The van der Waals surface area contributed by atoms with Crippen molar-refractivity contribution >= 4 is 43.3 Å². The Balaban J connectivity index is 2.21. The van der Waals surface area contributed by atoms with Gasteiger partial charge in [-0.2, -0.15) is 0 Å². The number of carboxylic acids is 1. The van der Waals surface area contributed by atoms with Crippen LogP contribution in [0.15, 0.2) is 46.4 Å². The highest BCUT2D eigenvalue weighted by Crippen LogP contribution is 2.26. The van der Waals surface area contributed by atoms with Gasteiger partial charge in [0.2, 0.25) is 0 Å². The van der Waals surface area contributed by atoms with Crippen LogP contribution in [0.5, 0.6) is 0 Å². The van der Waals surface area contributed by atoms with Gasteiger partial charge in [0.05, 0.1) is 0 Å². The Labute approximate surface area is 115 Å². The third-order valence-electron chi connectivity index (χ3n) is 2.72. The minimum atomic E-state index is -0.939. The molecule has 0 fully saturated rings. The summed E-state index contributed by atoms with van der Waals surface area (Å²) in [6.45, 7) is 0. The van der Waals surface area contributed by atoms with Gasteiger partial charge in [0.1, 0.15) is 5.69 Å². The molecule has 2 aromatic heterocycles. The van der Waals surface area contributed by atoms with E-state index in [9.17, 15) is 9.90 Å². The summed E-state index contributed by atoms with van der Waals surface area (Å²) in [7, 11) is 0. The van der Waals surface area contributed by atoms with E-state index in [2.05, 4.69) is 15.9 Å². The van der Waals surface area contributed by atoms with Gasteiger partial charge in [0.15, 0.2) is 0 Å². The number of hydrogen-bond acceptors (Lipinski definition) is 2. The smallest absolute Gasteiger partial charge is 0.352 e. The van der Waals surface area contributed by atoms with Crippen LogP contribution >= 0.6 is 27.3 Å². The minimum absolute atomic E-state index is 0.247. The third-order valence-corrected chi connectivity index (χ3v) is 4.05. The van der Waals surface area contributed by atoms with Crippen molar-refractivity contribution in [2.75, 3.05) is 0 Å². The summed E-state index contributed by atoms with van der Waals surface area (Å²) in [6.07, 6.45) is 1.76. The number of fused-ring (bicyclic) bond motifs is 1. The highest BCUT2D eigenvalue weighted by molar-refractivity contribution is 9.10. The molecule has 0 unspecified atom stereocenters. The first-order valence-corrected chi connectivity index (χ1v) is 6.91. The van der Waals surface area contributed by atoms with Crippen molar-refractivity contribution in [1.82, 2.24) is 4.57 Å². The molecule has 3 nitrogen and oxygen atoms in total. The van der Waals surface area contributed by atoms with Crippen LogP contribution in [0, 0.1) is 0 Å². The number of hydrogen-bond donors (Lipinski definition) is 1. The van der Waals surface area contributed by atoms with Crippen molar-refractivity contribution in [1.29, 1.82) is 0 Å². The molecule has 1 N–H and O–H groups in total. The number of nitrogens with zero attached hydrogens (tertiary/aromatic N) is 1. The molecule has 18 heavy (non-hydrogen) atoms. The topological polar surface area (TPSA) is 42.2 Å². The molecule has 0 atom stereocenters. The predicted octanol–water partition coefficient (Wildman–Crippen LogP) is 4.15. The summed E-state index contributed by atoms with van der Waals surface area (Å²) in [5.41, 5.74) is 1.10. The standard InChI is InChI=1S/C13H8BrNO2S/c14-9-6-11(13(16)17)15(7-9)10-1-2-12-8(5-10)3-4-18-12/h1-7H,(H,16,17). The van der Waals surface area contributed by atoms with E-state index < -0.39 is 5.97 Å². The van der Waals surface area contributed by atoms with Crippen LogP contribution in [0.2, 0.25) is 0 Å². The number of thiophene rings is 1. The molecule has 0 aliphatic rings. The Morgan fingerprint density at radius 2 is 2.11 bits per heavy atom. The monoisotopic (exact) mass is 321 g/mol. The maximum Gasteiger partial charge on any atom is 0.352 e. The molecule has 0 saturated carbocycles. The quantitative estimate of drug-likeness (QED) is 0.770. The van der Waals surface area contributed by atoms with E-state index in [0.29, 0.717) is 0 Å². The number of carboxylic acid groups (broad SMARTS) is 1. The van der Waals surface area contributed by atoms with Crippen LogP contribution in [0.3, 0.4) is 0 Å². The lowest BCUT2D eigenvalue weighted by Crippen LogP contribution is -2.05. The molecule has 0 spiro atoms. The van der Waals surface area contributed by atoms with Crippen LogP contribution in [-0.4, -0.2) is 15.6 Å². The molecule has 3 rings (SSSR count). The van der Waals surface area contributed by atoms with Crippen molar-refractivity contribution < 1.29 is 9.90 Å². The molecule has 2 heterocycles. The lowest BCUT2D eigenvalue weighted by molar-refractivity contribution is 0.0688. The zero-order chi connectivity index (χ0) is 12.7. The van der Waals surface area contributed by atoms with Crippen molar-refractivity contribution in [3.05, 3.63) is 52.1 Å². The fourth-order valence-corrected chi connectivity index (χ4v) is 3.11. The normalized spacial score (nSPS) is 10.9. The lowest BCUT2D eigenvalue weighted by atomic mass is 10.2. The van der Waals surface area contributed by atoms with Gasteiger partial charge >= 0.3 is 5.97 Å². The Morgan fingerprint density at radius 1 is 1.28 bits per heavy atom. The van der Waals surface area contributed by atoms with Gasteiger partial charge < -0.3 is 9.67 Å². The van der Waals surface area contributed by atoms with Crippen molar-refractivity contribution in [3.63, 3.8) is 0 Å². The largest absolute Gasteiger partial charge is 0.477 e. The molecule has 3 aromatic rings. The molecule has 0 saturated heterocycles. The van der Waals surface area contributed by atoms with Gasteiger partial charge in [-0.1, -0.05) is 0 Å². The van der Waals surface area contributed by atoms with E-state index in [1.54, 1.807) is 28.2 Å². The van der Waals surface area contributed by atoms with Crippen molar-refractivity contribution in [3.8, 4) is 5.69 Å². The van der Waals surface area contributed by atoms with Crippen molar-refractivity contribution in [2.45, 2.75) is 0 Å². The van der Waals surface area contributed by atoms with Gasteiger partial charge in [0.25, 0.3) is 0 Å². The number of halogens is 1. The minimum Gasteiger partial charge on any atom is -0.477 e. The first-order valence-electron chi connectivity index (χ1n) is 5.24. The van der Waals surface area contributed by atoms with E-state index in [4.69, 9.17) is 0 Å². The number of benzene rings is 1. The third kappa shape index (κ3) is 1.85. The van der Waals surface area contributed by atoms with E-state index in [0.717, 1.165) is 15.5 Å². The predicted molar refractivity (Wildman–Crippen MR) is 75.8 cm³/mol. The van der Waals surface area contributed by atoms with E-state index in [1.165, 1.54) is 4.70 Å². The van der Waals surface area contributed by atoms with Crippen LogP contribution < -0.4 is 0 Å². The molecule has 0 aliphatic heterocycles. The average Bonchev–Trinajstić information content (AvgIpc) is 2.93. The Morgan fingerprint density at radius 3 is 2.89 bits per heavy atom. The molecule has 0 radical (unpaired) electrons. The molecule has 90 valence electrons. The highest BCUT2D eigenvalue weighted by atomic mass is 79.9. The Bertz CT molecular complexity index is 744. The van der Waals surface area contributed by atoms with E-state index in [1.807, 2.05) is 29.6 Å². The zero-order valence-electron chi connectivity index (χ0n) is 9.13. The van der Waals surface area contributed by atoms with Crippen LogP contribution in [-0.2, 0) is 0 Å². The summed E-state index contributed by atoms with van der Waals surface area (Å²) < 4.78 is 3.62. The van der Waals surface area contributed by atoms with Crippen LogP contribution in [0.25, 0.3) is 15.8 Å². The second-order valence-electron chi connectivity index (χ2n) is 3.86. The van der Waals surface area contributed by atoms with Crippen molar-refractivity contribution in [2.24, 2.45) is 0 Å². The van der Waals surface area contributed by atoms with E-state index >= 15 is 0 Å². The molecular weight excluding hydrogens is 314 g/mol. The number of aromatic nitrogens is 1. The number of rotatable bonds is 2. The van der Waals surface area contributed by atoms with Crippen LogP contribution in [0.4, 0.5) is 0 Å². The molecule has 5 heteroatoms. The SMILES string of the molecule is O=C(O)c1cc(Br)cn1-c1ccc2sccc2c1. The highest BCUT2D eigenvalue weighted by Gasteiger charge is 2.13. The molecule has 0 aliphatic carbocycles. The maximum atomic E-state index is 11.2. The molecule has 0 amide bonds. The summed E-state index contributed by atoms with van der Waals surface area (Å²) in [5.74, 6) is -0.939. The fourth-order valence-electron chi connectivity index (χ4n) is 1.91. The zero-order valence-corrected chi connectivity index (χ0v) is 11.5. The first kappa shape index (κ1) is 11.5. The summed E-state index contributed by atoms with van der Waals surface area (Å²) in [5, 5.41) is 12.3. The molecule has 0 bridgehead atoms. The lowest BCUT2D eigenvalue weighted by Gasteiger charge is -2.06. The van der Waals surface area contributed by atoms with Gasteiger partial charge in [-0.05, 0) is 57.0 Å². The Kier molecular flexibility index (Phi) is 2.72. The van der Waals surface area contributed by atoms with Gasteiger partial charge in [-0.15, -0.1) is 11.3 Å². The summed E-state index contributed by atoms with van der Waals surface area (Å²) in [4.78, 5) is 11.2. The molecule has 1 aromatic carbocycles. The number of carbonyl (C=O) groups is 1. The van der Waals surface area contributed by atoms with Gasteiger partial charge in [-0.25, -0.2) is 4.79 Å². The second-order valence-corrected chi connectivity index (χ2v) is 5.72. The number of aromatic carboxylic acids is 1. The fraction of sp³-hybridized carbons (Fsp3) is 0. The summed E-state index contributed by atoms with van der Waals surface area (Å²) in [6, 6.07) is 9.56. The van der Waals surface area contributed by atoms with Crippen LogP contribution in [0.1, 0.15) is 10.5 Å².